The van der Waals surface area contributed by atoms with E-state index in [1.54, 1.807) is 0 Å². The van der Waals surface area contributed by atoms with Gasteiger partial charge in [-0.25, -0.2) is 0 Å². The zero-order chi connectivity index (χ0) is 11.6. The molecule has 0 spiro atoms. The van der Waals surface area contributed by atoms with E-state index in [0.717, 1.165) is 24.9 Å². The zero-order valence-corrected chi connectivity index (χ0v) is 10.2. The van der Waals surface area contributed by atoms with Gasteiger partial charge in [-0.3, -0.25) is 4.79 Å². The van der Waals surface area contributed by atoms with Gasteiger partial charge in [0.1, 0.15) is 5.54 Å². The topological polar surface area (TPSA) is 29.1 Å². The summed E-state index contributed by atoms with van der Waals surface area (Å²) in [5.74, 6) is 0.266. The van der Waals surface area contributed by atoms with Gasteiger partial charge in [0, 0.05) is 11.4 Å². The Morgan fingerprint density at radius 3 is 2.75 bits per heavy atom. The second-order valence-electron chi connectivity index (χ2n) is 4.19. The van der Waals surface area contributed by atoms with E-state index in [9.17, 15) is 4.79 Å². The lowest BCUT2D eigenvalue weighted by molar-refractivity contribution is -0.123. The van der Waals surface area contributed by atoms with Crippen LogP contribution in [0, 0.1) is 0 Å². The minimum Gasteiger partial charge on any atom is -0.301 e. The molecule has 3 heteroatoms. The van der Waals surface area contributed by atoms with Crippen LogP contribution in [0.1, 0.15) is 31.7 Å². The minimum atomic E-state index is -0.535. The Labute approximate surface area is 101 Å². The molecule has 1 atom stereocenters. The quantitative estimate of drug-likeness (QED) is 0.876. The Morgan fingerprint density at radius 2 is 2.19 bits per heavy atom. The van der Waals surface area contributed by atoms with Crippen molar-refractivity contribution >= 4 is 17.4 Å². The van der Waals surface area contributed by atoms with Crippen LogP contribution >= 0.6 is 11.6 Å². The third kappa shape index (κ3) is 1.76. The fourth-order valence-corrected chi connectivity index (χ4v) is 2.84. The molecule has 1 aliphatic rings. The van der Waals surface area contributed by atoms with Gasteiger partial charge in [0.15, 0.2) is 5.78 Å². The molecule has 0 saturated heterocycles. The smallest absolute Gasteiger partial charge is 0.157 e. The Balaban J connectivity index is 2.48. The van der Waals surface area contributed by atoms with E-state index in [2.05, 4.69) is 5.32 Å². The van der Waals surface area contributed by atoms with Crippen molar-refractivity contribution in [3.63, 3.8) is 0 Å². The molecule has 0 aromatic heterocycles. The molecular weight excluding hydrogens is 222 g/mol. The molecule has 0 aliphatic heterocycles. The number of Topliss-reactive ketones (excluding diaryl/α,β-unsaturated/α-hetero) is 1. The summed E-state index contributed by atoms with van der Waals surface area (Å²) in [7, 11) is 0. The number of halogens is 1. The average Bonchev–Trinajstić information content (AvgIpc) is 2.62. The van der Waals surface area contributed by atoms with Crippen molar-refractivity contribution in [2.75, 3.05) is 6.54 Å². The Kier molecular flexibility index (Phi) is 3.31. The largest absolute Gasteiger partial charge is 0.301 e. The van der Waals surface area contributed by atoms with Gasteiger partial charge in [-0.2, -0.15) is 0 Å². The van der Waals surface area contributed by atoms with E-state index >= 15 is 0 Å². The Hall–Kier alpha value is -0.860. The molecule has 0 amide bonds. The van der Waals surface area contributed by atoms with E-state index in [0.29, 0.717) is 11.4 Å². The van der Waals surface area contributed by atoms with Gasteiger partial charge >= 0.3 is 0 Å². The minimum absolute atomic E-state index is 0.266. The van der Waals surface area contributed by atoms with E-state index in [-0.39, 0.29) is 5.78 Å². The molecule has 1 aliphatic carbocycles. The van der Waals surface area contributed by atoms with Crippen LogP contribution in [0.25, 0.3) is 0 Å². The molecule has 2 rings (SSSR count). The third-order valence-corrected chi connectivity index (χ3v) is 3.57. The SMILES string of the molecule is CCNC1(c2ccccc2Cl)CCCC1=O. The Morgan fingerprint density at radius 1 is 1.44 bits per heavy atom. The predicted molar refractivity (Wildman–Crippen MR) is 65.7 cm³/mol. The monoisotopic (exact) mass is 237 g/mol. The number of nitrogens with one attached hydrogen (secondary N) is 1. The van der Waals surface area contributed by atoms with Gasteiger partial charge in [-0.15, -0.1) is 0 Å². The highest BCUT2D eigenvalue weighted by Gasteiger charge is 2.43. The summed E-state index contributed by atoms with van der Waals surface area (Å²) in [5.41, 5.74) is 0.397. The van der Waals surface area contributed by atoms with Crippen LogP contribution in [0.5, 0.6) is 0 Å². The number of ketones is 1. The molecule has 86 valence electrons. The van der Waals surface area contributed by atoms with Crippen molar-refractivity contribution in [2.45, 2.75) is 31.7 Å². The molecule has 0 heterocycles. The molecule has 0 bridgehead atoms. The maximum absolute atomic E-state index is 12.1. The van der Waals surface area contributed by atoms with Crippen LogP contribution in [0.4, 0.5) is 0 Å². The summed E-state index contributed by atoms with van der Waals surface area (Å²) in [6.07, 6.45) is 2.44. The zero-order valence-electron chi connectivity index (χ0n) is 9.42. The fourth-order valence-electron chi connectivity index (χ4n) is 2.54. The van der Waals surface area contributed by atoms with Crippen molar-refractivity contribution in [3.8, 4) is 0 Å². The van der Waals surface area contributed by atoms with Crippen molar-refractivity contribution in [1.82, 2.24) is 5.32 Å². The first-order valence-electron chi connectivity index (χ1n) is 5.74. The molecule has 1 N–H and O–H groups in total. The first-order valence-corrected chi connectivity index (χ1v) is 6.12. The van der Waals surface area contributed by atoms with Gasteiger partial charge in [0.05, 0.1) is 0 Å². The van der Waals surface area contributed by atoms with Gasteiger partial charge < -0.3 is 5.32 Å². The first-order chi connectivity index (χ1) is 7.70. The van der Waals surface area contributed by atoms with Crippen molar-refractivity contribution in [3.05, 3.63) is 34.9 Å². The molecule has 1 saturated carbocycles. The first kappa shape index (κ1) is 11.6. The number of likely N-dealkylation sites (N-methyl/N-ethyl adjacent to an activating group) is 1. The van der Waals surface area contributed by atoms with E-state index < -0.39 is 5.54 Å². The Bertz CT molecular complexity index is 405. The molecular formula is C13H16ClNO. The van der Waals surface area contributed by atoms with Gasteiger partial charge in [0.2, 0.25) is 0 Å². The normalized spacial score (nSPS) is 25.0. The van der Waals surface area contributed by atoms with Crippen LogP contribution in [0.15, 0.2) is 24.3 Å². The lowest BCUT2D eigenvalue weighted by Gasteiger charge is -2.29. The lowest BCUT2D eigenvalue weighted by atomic mass is 9.87. The second kappa shape index (κ2) is 4.56. The van der Waals surface area contributed by atoms with Crippen molar-refractivity contribution in [1.29, 1.82) is 0 Å². The summed E-state index contributed by atoms with van der Waals surface area (Å²) in [6, 6.07) is 7.63. The third-order valence-electron chi connectivity index (χ3n) is 3.24. The number of carbonyl (C=O) groups excluding carboxylic acids is 1. The fraction of sp³-hybridized carbons (Fsp3) is 0.462. The van der Waals surface area contributed by atoms with Crippen molar-refractivity contribution in [2.24, 2.45) is 0 Å². The van der Waals surface area contributed by atoms with Crippen LogP contribution in [-0.4, -0.2) is 12.3 Å². The summed E-state index contributed by atoms with van der Waals surface area (Å²) in [6.45, 7) is 2.79. The number of carbonyl (C=O) groups is 1. The van der Waals surface area contributed by atoms with Gasteiger partial charge in [-0.1, -0.05) is 36.7 Å². The summed E-state index contributed by atoms with van der Waals surface area (Å²) in [5, 5.41) is 4.01. The number of rotatable bonds is 3. The van der Waals surface area contributed by atoms with E-state index in [1.165, 1.54) is 0 Å². The van der Waals surface area contributed by atoms with E-state index in [4.69, 9.17) is 11.6 Å². The van der Waals surface area contributed by atoms with E-state index in [1.807, 2.05) is 31.2 Å². The molecule has 2 nitrogen and oxygen atoms in total. The molecule has 1 aromatic carbocycles. The molecule has 1 aromatic rings. The van der Waals surface area contributed by atoms with Gasteiger partial charge in [-0.05, 0) is 31.0 Å². The molecule has 1 fully saturated rings. The maximum atomic E-state index is 12.1. The number of hydrogen-bond donors (Lipinski definition) is 1. The number of benzene rings is 1. The lowest BCUT2D eigenvalue weighted by Crippen LogP contribution is -2.46. The highest BCUT2D eigenvalue weighted by molar-refractivity contribution is 6.31. The molecule has 16 heavy (non-hydrogen) atoms. The predicted octanol–water partition coefficient (Wildman–Crippen LogP) is 2.90. The summed E-state index contributed by atoms with van der Waals surface area (Å²) >= 11 is 6.20. The van der Waals surface area contributed by atoms with Crippen LogP contribution < -0.4 is 5.32 Å². The highest BCUT2D eigenvalue weighted by atomic mass is 35.5. The van der Waals surface area contributed by atoms with Crippen molar-refractivity contribution < 1.29 is 4.79 Å². The summed E-state index contributed by atoms with van der Waals surface area (Å²) < 4.78 is 0. The average molecular weight is 238 g/mol. The number of hydrogen-bond acceptors (Lipinski definition) is 2. The maximum Gasteiger partial charge on any atom is 0.157 e. The molecule has 0 radical (unpaired) electrons. The highest BCUT2D eigenvalue weighted by Crippen LogP contribution is 2.38. The standard InChI is InChI=1S/C13H16ClNO/c1-2-15-13(9-5-8-12(13)16)10-6-3-4-7-11(10)14/h3-4,6-7,15H,2,5,8-9H2,1H3. The van der Waals surface area contributed by atoms with Gasteiger partial charge in [0.25, 0.3) is 0 Å². The summed E-state index contributed by atoms with van der Waals surface area (Å²) in [4.78, 5) is 12.1. The molecule has 1 unspecified atom stereocenters. The van der Waals surface area contributed by atoms with Crippen LogP contribution in [0.2, 0.25) is 5.02 Å². The van der Waals surface area contributed by atoms with Crippen LogP contribution in [0.3, 0.4) is 0 Å². The second-order valence-corrected chi connectivity index (χ2v) is 4.60. The van der Waals surface area contributed by atoms with Crippen LogP contribution in [-0.2, 0) is 10.3 Å².